The lowest BCUT2D eigenvalue weighted by Crippen LogP contribution is -2.49. The second-order valence-corrected chi connectivity index (χ2v) is 7.26. The Morgan fingerprint density at radius 2 is 2.29 bits per heavy atom. The summed E-state index contributed by atoms with van der Waals surface area (Å²) < 4.78 is 0.181. The molecule has 3 N–H and O–H groups in total. The average molecular weight is 274 g/mol. The van der Waals surface area contributed by atoms with E-state index in [-0.39, 0.29) is 15.6 Å². The highest BCUT2D eigenvalue weighted by molar-refractivity contribution is 8.00. The van der Waals surface area contributed by atoms with E-state index in [0.29, 0.717) is 13.0 Å². The molecule has 1 fully saturated rings. The minimum absolute atomic E-state index is 0.0405. The molecule has 1 rings (SSSR count). The Morgan fingerprint density at radius 3 is 2.71 bits per heavy atom. The first-order chi connectivity index (χ1) is 7.84. The lowest BCUT2D eigenvalue weighted by molar-refractivity contribution is -0.127. The van der Waals surface area contributed by atoms with Crippen LogP contribution in [0.2, 0.25) is 0 Å². The topological polar surface area (TPSA) is 55.1 Å². The molecule has 1 aliphatic rings. The number of carbonyl (C=O) groups excluding carboxylic acids is 1. The lowest BCUT2D eigenvalue weighted by atomic mass is 9.86. The minimum Gasteiger partial charge on any atom is -0.392 e. The zero-order valence-corrected chi connectivity index (χ0v) is 12.5. The predicted octanol–water partition coefficient (Wildman–Crippen LogP) is 2.09. The molecule has 1 amide bonds. The van der Waals surface area contributed by atoms with Gasteiger partial charge in [0, 0.05) is 11.3 Å². The normalized spacial score (nSPS) is 27.5. The van der Waals surface area contributed by atoms with E-state index in [1.54, 1.807) is 0 Å². The molecule has 98 valence electrons. The molecular weight excluding hydrogens is 252 g/mol. The van der Waals surface area contributed by atoms with Crippen LogP contribution in [0.5, 0.6) is 0 Å². The van der Waals surface area contributed by atoms with E-state index in [9.17, 15) is 4.79 Å². The summed E-state index contributed by atoms with van der Waals surface area (Å²) in [4.78, 5) is 12.4. The molecule has 17 heavy (non-hydrogen) atoms. The van der Waals surface area contributed by atoms with Crippen molar-refractivity contribution in [2.75, 3.05) is 12.3 Å². The third kappa shape index (κ3) is 3.35. The van der Waals surface area contributed by atoms with Gasteiger partial charge in [-0.1, -0.05) is 19.1 Å². The highest BCUT2D eigenvalue weighted by atomic mass is 32.2. The van der Waals surface area contributed by atoms with Crippen LogP contribution >= 0.6 is 24.0 Å². The predicted molar refractivity (Wildman–Crippen MR) is 78.3 cm³/mol. The van der Waals surface area contributed by atoms with Gasteiger partial charge in [0.05, 0.1) is 10.4 Å². The van der Waals surface area contributed by atoms with Gasteiger partial charge >= 0.3 is 0 Å². The summed E-state index contributed by atoms with van der Waals surface area (Å²) in [5.41, 5.74) is 4.95. The largest absolute Gasteiger partial charge is 0.392 e. The molecule has 0 bridgehead atoms. The van der Waals surface area contributed by atoms with Crippen molar-refractivity contribution in [3.8, 4) is 0 Å². The van der Waals surface area contributed by atoms with E-state index < -0.39 is 5.41 Å². The van der Waals surface area contributed by atoms with Crippen LogP contribution in [0.4, 0.5) is 0 Å². The SMILES string of the molecule is CCC(C)(C(=O)NCC1(C)CCCS1)C(N)=S. The molecule has 0 radical (unpaired) electrons. The molecule has 1 aliphatic heterocycles. The summed E-state index contributed by atoms with van der Waals surface area (Å²) in [6, 6.07) is 0. The highest BCUT2D eigenvalue weighted by Crippen LogP contribution is 2.37. The van der Waals surface area contributed by atoms with Crippen molar-refractivity contribution in [1.29, 1.82) is 0 Å². The minimum atomic E-state index is -0.713. The first kappa shape index (κ1) is 14.8. The number of hydrogen-bond donors (Lipinski definition) is 2. The lowest BCUT2D eigenvalue weighted by Gasteiger charge is -2.29. The summed E-state index contributed by atoms with van der Waals surface area (Å²) in [6.45, 7) is 6.66. The number of carbonyl (C=O) groups is 1. The molecule has 0 aliphatic carbocycles. The molecule has 1 saturated heterocycles. The fourth-order valence-electron chi connectivity index (χ4n) is 1.89. The van der Waals surface area contributed by atoms with Crippen LogP contribution in [0.1, 0.15) is 40.0 Å². The number of thiocarbonyl (C=S) groups is 1. The van der Waals surface area contributed by atoms with Crippen LogP contribution in [0.25, 0.3) is 0 Å². The Hall–Kier alpha value is -0.290. The number of hydrogen-bond acceptors (Lipinski definition) is 3. The summed E-state index contributed by atoms with van der Waals surface area (Å²) in [7, 11) is 0. The summed E-state index contributed by atoms with van der Waals surface area (Å²) in [6.07, 6.45) is 3.03. The zero-order chi connectivity index (χ0) is 13.1. The quantitative estimate of drug-likeness (QED) is 0.754. The Bertz CT molecular complexity index is 314. The van der Waals surface area contributed by atoms with Crippen molar-refractivity contribution in [3.63, 3.8) is 0 Å². The maximum absolute atomic E-state index is 12.1. The molecule has 2 unspecified atom stereocenters. The van der Waals surface area contributed by atoms with Crippen molar-refractivity contribution in [1.82, 2.24) is 5.32 Å². The van der Waals surface area contributed by atoms with Gasteiger partial charge < -0.3 is 11.1 Å². The van der Waals surface area contributed by atoms with Gasteiger partial charge in [-0.25, -0.2) is 0 Å². The Kier molecular flexibility index (Phi) is 4.84. The maximum atomic E-state index is 12.1. The molecule has 0 aromatic rings. The van der Waals surface area contributed by atoms with Crippen LogP contribution < -0.4 is 11.1 Å². The van der Waals surface area contributed by atoms with Crippen molar-refractivity contribution < 1.29 is 4.79 Å². The van der Waals surface area contributed by atoms with Crippen LogP contribution in [-0.2, 0) is 4.79 Å². The summed E-state index contributed by atoms with van der Waals surface area (Å²) in [5.74, 6) is 1.15. The van der Waals surface area contributed by atoms with Crippen molar-refractivity contribution in [2.24, 2.45) is 11.1 Å². The maximum Gasteiger partial charge on any atom is 0.232 e. The third-order valence-corrected chi connectivity index (χ3v) is 5.66. The number of thioether (sulfide) groups is 1. The number of rotatable bonds is 5. The van der Waals surface area contributed by atoms with Crippen molar-refractivity contribution >= 4 is 34.9 Å². The molecule has 0 aromatic heterocycles. The van der Waals surface area contributed by atoms with Gasteiger partial charge in [-0.05, 0) is 38.9 Å². The van der Waals surface area contributed by atoms with Gasteiger partial charge in [-0.2, -0.15) is 11.8 Å². The molecular formula is C12H22N2OS2. The van der Waals surface area contributed by atoms with Gasteiger partial charge in [0.25, 0.3) is 0 Å². The third-order valence-electron chi connectivity index (χ3n) is 3.68. The van der Waals surface area contributed by atoms with E-state index in [1.807, 2.05) is 25.6 Å². The molecule has 2 atom stereocenters. The number of nitrogens with two attached hydrogens (primary N) is 1. The van der Waals surface area contributed by atoms with Crippen LogP contribution in [0.3, 0.4) is 0 Å². The molecule has 0 saturated carbocycles. The molecule has 0 aromatic carbocycles. The standard InChI is InChI=1S/C12H22N2OS2/c1-4-12(3,9(13)16)10(15)14-8-11(2)6-5-7-17-11/h4-8H2,1-3H3,(H2,13,16)(H,14,15). The second-order valence-electron chi connectivity index (χ2n) is 5.13. The van der Waals surface area contributed by atoms with Gasteiger partial charge in [0.1, 0.15) is 0 Å². The van der Waals surface area contributed by atoms with Crippen molar-refractivity contribution in [3.05, 3.63) is 0 Å². The molecule has 1 heterocycles. The van der Waals surface area contributed by atoms with Gasteiger partial charge in [-0.3, -0.25) is 4.79 Å². The smallest absolute Gasteiger partial charge is 0.232 e. The first-order valence-corrected chi connectivity index (χ1v) is 7.45. The monoisotopic (exact) mass is 274 g/mol. The first-order valence-electron chi connectivity index (χ1n) is 6.06. The molecule has 0 spiro atoms. The van der Waals surface area contributed by atoms with Gasteiger partial charge in [0.2, 0.25) is 5.91 Å². The molecule has 3 nitrogen and oxygen atoms in total. The van der Waals surface area contributed by atoms with E-state index in [4.69, 9.17) is 18.0 Å². The van der Waals surface area contributed by atoms with E-state index in [1.165, 1.54) is 12.2 Å². The van der Waals surface area contributed by atoms with Crippen LogP contribution in [0.15, 0.2) is 0 Å². The van der Waals surface area contributed by atoms with Gasteiger partial charge in [0.15, 0.2) is 0 Å². The number of amides is 1. The highest BCUT2D eigenvalue weighted by Gasteiger charge is 2.36. The summed E-state index contributed by atoms with van der Waals surface area (Å²) in [5, 5.41) is 3.01. The van der Waals surface area contributed by atoms with E-state index in [0.717, 1.165) is 6.42 Å². The zero-order valence-electron chi connectivity index (χ0n) is 10.8. The fourth-order valence-corrected chi connectivity index (χ4v) is 3.37. The van der Waals surface area contributed by atoms with Crippen LogP contribution in [0, 0.1) is 5.41 Å². The van der Waals surface area contributed by atoms with E-state index >= 15 is 0 Å². The van der Waals surface area contributed by atoms with Crippen LogP contribution in [-0.4, -0.2) is 27.9 Å². The summed E-state index contributed by atoms with van der Waals surface area (Å²) >= 11 is 6.93. The van der Waals surface area contributed by atoms with Gasteiger partial charge in [-0.15, -0.1) is 0 Å². The fraction of sp³-hybridized carbons (Fsp3) is 0.833. The Labute approximate surface area is 113 Å². The Balaban J connectivity index is 2.57. The Morgan fingerprint density at radius 1 is 1.65 bits per heavy atom. The van der Waals surface area contributed by atoms with Crippen molar-refractivity contribution in [2.45, 2.75) is 44.8 Å². The number of nitrogens with one attached hydrogen (secondary N) is 1. The average Bonchev–Trinajstić information content (AvgIpc) is 2.72. The molecule has 5 heteroatoms. The second kappa shape index (κ2) is 5.57. The van der Waals surface area contributed by atoms with E-state index in [2.05, 4.69) is 12.2 Å².